The maximum atomic E-state index is 13.3. The van der Waals surface area contributed by atoms with Crippen LogP contribution >= 0.6 is 15.9 Å². The van der Waals surface area contributed by atoms with Gasteiger partial charge in [0.2, 0.25) is 8.32 Å². The number of halogens is 2. The minimum absolute atomic E-state index is 0.343. The summed E-state index contributed by atoms with van der Waals surface area (Å²) in [7, 11) is -0.210. The molecule has 5 heteroatoms. The topological polar surface area (TPSA) is 18.5 Å². The van der Waals surface area contributed by atoms with E-state index in [9.17, 15) is 4.39 Å². The third-order valence-corrected chi connectivity index (χ3v) is 3.06. The molecule has 0 N–H and O–H groups in total. The first-order valence-electron chi connectivity index (χ1n) is 4.55. The third kappa shape index (κ3) is 3.50. The molecule has 1 rings (SSSR count). The van der Waals surface area contributed by atoms with Crippen molar-refractivity contribution in [3.8, 4) is 11.5 Å². The second-order valence-electron chi connectivity index (χ2n) is 4.13. The minimum Gasteiger partial charge on any atom is -0.542 e. The van der Waals surface area contributed by atoms with Gasteiger partial charge in [0.25, 0.3) is 0 Å². The van der Waals surface area contributed by atoms with Crippen LogP contribution in [0.15, 0.2) is 16.6 Å². The normalized spacial score (nSPS) is 11.3. The fraction of sp³-hybridized carbons (Fsp3) is 0.400. The summed E-state index contributed by atoms with van der Waals surface area (Å²) in [4.78, 5) is 0. The van der Waals surface area contributed by atoms with Crippen molar-refractivity contribution in [2.45, 2.75) is 19.6 Å². The fourth-order valence-corrected chi connectivity index (χ4v) is 2.22. The van der Waals surface area contributed by atoms with Crippen molar-refractivity contribution in [1.82, 2.24) is 0 Å². The molecule has 0 amide bonds. The van der Waals surface area contributed by atoms with Crippen molar-refractivity contribution < 1.29 is 13.6 Å². The maximum Gasteiger partial charge on any atom is 0.242 e. The minimum atomic E-state index is -1.75. The van der Waals surface area contributed by atoms with E-state index < -0.39 is 8.32 Å². The van der Waals surface area contributed by atoms with Gasteiger partial charge in [-0.1, -0.05) is 0 Å². The van der Waals surface area contributed by atoms with E-state index in [2.05, 4.69) is 15.9 Å². The highest BCUT2D eigenvalue weighted by atomic mass is 79.9. The molecular weight excluding hydrogens is 279 g/mol. The maximum absolute atomic E-state index is 13.3. The first-order chi connectivity index (χ1) is 6.83. The second kappa shape index (κ2) is 4.53. The van der Waals surface area contributed by atoms with E-state index in [0.29, 0.717) is 16.0 Å². The lowest BCUT2D eigenvalue weighted by Gasteiger charge is -2.21. The van der Waals surface area contributed by atoms with Crippen molar-refractivity contribution in [2.75, 3.05) is 7.11 Å². The number of hydrogen-bond donors (Lipinski definition) is 0. The largest absolute Gasteiger partial charge is 0.542 e. The number of benzene rings is 1. The van der Waals surface area contributed by atoms with E-state index in [1.807, 2.05) is 19.6 Å². The molecule has 15 heavy (non-hydrogen) atoms. The van der Waals surface area contributed by atoms with Gasteiger partial charge in [0.05, 0.1) is 11.6 Å². The van der Waals surface area contributed by atoms with Crippen LogP contribution in [0.1, 0.15) is 0 Å². The highest BCUT2D eigenvalue weighted by molar-refractivity contribution is 9.10. The summed E-state index contributed by atoms with van der Waals surface area (Å²) in [6.07, 6.45) is 0. The Balaban J connectivity index is 3.11. The van der Waals surface area contributed by atoms with Gasteiger partial charge in [-0.2, -0.15) is 0 Å². The van der Waals surface area contributed by atoms with Crippen LogP contribution in [0.25, 0.3) is 0 Å². The molecule has 0 atom stereocenters. The van der Waals surface area contributed by atoms with Gasteiger partial charge in [-0.15, -0.1) is 0 Å². The van der Waals surface area contributed by atoms with Crippen LogP contribution < -0.4 is 9.16 Å². The van der Waals surface area contributed by atoms with Gasteiger partial charge in [0, 0.05) is 12.1 Å². The van der Waals surface area contributed by atoms with Gasteiger partial charge < -0.3 is 9.16 Å². The van der Waals surface area contributed by atoms with Crippen LogP contribution in [0.2, 0.25) is 19.6 Å². The van der Waals surface area contributed by atoms with Gasteiger partial charge in [-0.25, -0.2) is 4.39 Å². The van der Waals surface area contributed by atoms with Gasteiger partial charge in [-0.05, 0) is 35.6 Å². The Morgan fingerprint density at radius 1 is 1.20 bits per heavy atom. The standard InChI is InChI=1S/C10H14BrFO2Si/c1-13-9-5-7(11)8(12)6-10(9)14-15(2,3)4/h5-6H,1-4H3. The Hall–Kier alpha value is -0.553. The molecule has 84 valence electrons. The zero-order chi connectivity index (χ0) is 11.6. The summed E-state index contributed by atoms with van der Waals surface area (Å²) in [5.41, 5.74) is 0. The smallest absolute Gasteiger partial charge is 0.242 e. The predicted octanol–water partition coefficient (Wildman–Crippen LogP) is 3.81. The van der Waals surface area contributed by atoms with Crippen LogP contribution in [0.4, 0.5) is 4.39 Å². The molecule has 0 saturated carbocycles. The Morgan fingerprint density at radius 2 is 1.80 bits per heavy atom. The van der Waals surface area contributed by atoms with Crippen LogP contribution in [0.3, 0.4) is 0 Å². The molecule has 0 saturated heterocycles. The third-order valence-electron chi connectivity index (χ3n) is 1.62. The summed E-state index contributed by atoms with van der Waals surface area (Å²) in [5, 5.41) is 0. The fourth-order valence-electron chi connectivity index (χ4n) is 1.08. The number of hydrogen-bond acceptors (Lipinski definition) is 2. The number of methoxy groups -OCH3 is 1. The molecule has 1 aromatic carbocycles. The Labute approximate surface area is 98.7 Å². The number of ether oxygens (including phenoxy) is 1. The first-order valence-corrected chi connectivity index (χ1v) is 8.75. The molecule has 0 bridgehead atoms. The molecule has 0 aromatic heterocycles. The summed E-state index contributed by atoms with van der Waals surface area (Å²) in [6, 6.07) is 2.92. The molecule has 0 aliphatic carbocycles. The average molecular weight is 293 g/mol. The molecule has 2 nitrogen and oxygen atoms in total. The van der Waals surface area contributed by atoms with Crippen molar-refractivity contribution in [1.29, 1.82) is 0 Å². The van der Waals surface area contributed by atoms with Crippen LogP contribution in [-0.4, -0.2) is 15.4 Å². The highest BCUT2D eigenvalue weighted by Crippen LogP contribution is 2.34. The SMILES string of the molecule is COc1cc(Br)c(F)cc1O[Si](C)(C)C. The van der Waals surface area contributed by atoms with E-state index >= 15 is 0 Å². The van der Waals surface area contributed by atoms with E-state index in [0.717, 1.165) is 0 Å². The molecule has 1 aromatic rings. The predicted molar refractivity (Wildman–Crippen MR) is 64.6 cm³/mol. The molecule has 0 radical (unpaired) electrons. The highest BCUT2D eigenvalue weighted by Gasteiger charge is 2.20. The molecule has 0 unspecified atom stereocenters. The van der Waals surface area contributed by atoms with E-state index in [1.165, 1.54) is 13.2 Å². The second-order valence-corrected chi connectivity index (χ2v) is 9.41. The van der Waals surface area contributed by atoms with Gasteiger partial charge >= 0.3 is 0 Å². The lowest BCUT2D eigenvalue weighted by atomic mass is 10.3. The van der Waals surface area contributed by atoms with Crippen molar-refractivity contribution in [3.63, 3.8) is 0 Å². The lowest BCUT2D eigenvalue weighted by Crippen LogP contribution is -2.29. The summed E-state index contributed by atoms with van der Waals surface area (Å²) >= 11 is 3.10. The van der Waals surface area contributed by atoms with Crippen molar-refractivity contribution in [3.05, 3.63) is 22.4 Å². The molecule has 0 spiro atoms. The van der Waals surface area contributed by atoms with E-state index in [1.54, 1.807) is 6.07 Å². The molecule has 0 fully saturated rings. The average Bonchev–Trinajstić information content (AvgIpc) is 2.08. The van der Waals surface area contributed by atoms with Crippen molar-refractivity contribution >= 4 is 24.2 Å². The Morgan fingerprint density at radius 3 is 2.27 bits per heavy atom. The molecule has 0 aliphatic rings. The molecule has 0 heterocycles. The lowest BCUT2D eigenvalue weighted by molar-refractivity contribution is 0.389. The zero-order valence-electron chi connectivity index (χ0n) is 9.23. The quantitative estimate of drug-likeness (QED) is 0.789. The van der Waals surface area contributed by atoms with Crippen molar-refractivity contribution in [2.24, 2.45) is 0 Å². The molecule has 0 aliphatic heterocycles. The van der Waals surface area contributed by atoms with Crippen LogP contribution in [-0.2, 0) is 0 Å². The summed E-state index contributed by atoms with van der Waals surface area (Å²) < 4.78 is 24.5. The van der Waals surface area contributed by atoms with E-state index in [-0.39, 0.29) is 5.82 Å². The monoisotopic (exact) mass is 292 g/mol. The van der Waals surface area contributed by atoms with Gasteiger partial charge in [0.15, 0.2) is 5.75 Å². The van der Waals surface area contributed by atoms with Crippen LogP contribution in [0, 0.1) is 5.82 Å². The molecular formula is C10H14BrFO2Si. The number of rotatable bonds is 3. The van der Waals surface area contributed by atoms with E-state index in [4.69, 9.17) is 9.16 Å². The Kier molecular flexibility index (Phi) is 3.78. The summed E-state index contributed by atoms with van der Waals surface area (Å²) in [5.74, 6) is 0.673. The van der Waals surface area contributed by atoms with Gasteiger partial charge in [0.1, 0.15) is 11.6 Å². The zero-order valence-corrected chi connectivity index (χ0v) is 11.8. The van der Waals surface area contributed by atoms with Gasteiger partial charge in [-0.3, -0.25) is 0 Å². The first kappa shape index (κ1) is 12.5. The Bertz CT molecular complexity index is 363. The van der Waals surface area contributed by atoms with Crippen LogP contribution in [0.5, 0.6) is 11.5 Å². The summed E-state index contributed by atoms with van der Waals surface area (Å²) in [6.45, 7) is 6.10.